The van der Waals surface area contributed by atoms with E-state index in [1.54, 1.807) is 0 Å². The molecule has 3 aliphatic heterocycles. The van der Waals surface area contributed by atoms with E-state index in [9.17, 15) is 22.8 Å². The van der Waals surface area contributed by atoms with Crippen molar-refractivity contribution in [3.8, 4) is 0 Å². The predicted molar refractivity (Wildman–Crippen MR) is 114 cm³/mol. The second kappa shape index (κ2) is 10.7. The van der Waals surface area contributed by atoms with Crippen molar-refractivity contribution < 1.29 is 37.4 Å². The number of carboxylic acids is 1. The molecule has 1 spiro atoms. The van der Waals surface area contributed by atoms with Crippen LogP contribution in [0, 0.1) is 18.3 Å². The maximum atomic E-state index is 13.3. The Balaban J connectivity index is 0.000000406. The van der Waals surface area contributed by atoms with Gasteiger partial charge in [-0.2, -0.15) is 13.2 Å². The third kappa shape index (κ3) is 6.25. The van der Waals surface area contributed by atoms with Crippen molar-refractivity contribution in [3.05, 3.63) is 29.6 Å². The van der Waals surface area contributed by atoms with Crippen molar-refractivity contribution in [2.45, 2.75) is 51.7 Å². The zero-order valence-electron chi connectivity index (χ0n) is 19.1. The fraction of sp³-hybridized carbons (Fsp3) is 0.652. The number of amides is 2. The lowest BCUT2D eigenvalue weighted by molar-refractivity contribution is -0.192. The van der Waals surface area contributed by atoms with Crippen molar-refractivity contribution in [1.82, 2.24) is 14.8 Å². The van der Waals surface area contributed by atoms with Gasteiger partial charge in [0.2, 0.25) is 11.8 Å². The third-order valence-electron chi connectivity index (χ3n) is 6.60. The minimum Gasteiger partial charge on any atom is -0.475 e. The van der Waals surface area contributed by atoms with Crippen LogP contribution in [0.15, 0.2) is 18.2 Å². The van der Waals surface area contributed by atoms with Gasteiger partial charge in [0.15, 0.2) is 0 Å². The number of rotatable bonds is 3. The minimum atomic E-state index is -5.08. The molecular formula is C23H30F3N3O5. The van der Waals surface area contributed by atoms with Crippen molar-refractivity contribution in [1.29, 1.82) is 0 Å². The molecule has 1 aromatic heterocycles. The number of pyridine rings is 1. The Bertz CT molecular complexity index is 904. The first kappa shape index (κ1) is 25.9. The minimum absolute atomic E-state index is 0.0676. The number of hydrogen-bond donors (Lipinski definition) is 1. The molecule has 34 heavy (non-hydrogen) atoms. The number of ether oxygens (including phenoxy) is 1. The van der Waals surface area contributed by atoms with E-state index in [4.69, 9.17) is 14.6 Å². The van der Waals surface area contributed by atoms with Gasteiger partial charge in [-0.25, -0.2) is 4.79 Å². The Hall–Kier alpha value is -2.69. The van der Waals surface area contributed by atoms with Crippen LogP contribution < -0.4 is 0 Å². The summed E-state index contributed by atoms with van der Waals surface area (Å²) in [6, 6.07) is 5.94. The molecule has 0 aliphatic carbocycles. The van der Waals surface area contributed by atoms with E-state index in [0.717, 1.165) is 56.6 Å². The first-order valence-corrected chi connectivity index (χ1v) is 11.4. The van der Waals surface area contributed by atoms with Crippen LogP contribution >= 0.6 is 0 Å². The van der Waals surface area contributed by atoms with E-state index in [1.165, 1.54) is 0 Å². The fourth-order valence-corrected chi connectivity index (χ4v) is 4.83. The van der Waals surface area contributed by atoms with Gasteiger partial charge in [0.1, 0.15) is 0 Å². The van der Waals surface area contributed by atoms with Crippen LogP contribution in [0.5, 0.6) is 0 Å². The molecule has 1 aromatic rings. The standard InChI is InChI=1S/C21H29N3O3.C2HF3O2/c1-16-4-2-5-18(22-16)14-23-11-9-21(20(23)26)8-3-10-24(15-21)19(25)17-6-12-27-13-7-17;3-2(4,5)1(6)7/h2,4-5,17H,3,6-15H2,1H3;(H,6,7). The smallest absolute Gasteiger partial charge is 0.475 e. The molecule has 4 heterocycles. The monoisotopic (exact) mass is 485 g/mol. The van der Waals surface area contributed by atoms with E-state index in [2.05, 4.69) is 4.98 Å². The molecule has 1 N–H and O–H groups in total. The molecule has 3 saturated heterocycles. The average molecular weight is 486 g/mol. The molecule has 3 fully saturated rings. The number of likely N-dealkylation sites (tertiary alicyclic amines) is 2. The molecule has 0 aromatic carbocycles. The number of piperidine rings is 1. The highest BCUT2D eigenvalue weighted by molar-refractivity contribution is 5.87. The number of aryl methyl sites for hydroxylation is 1. The number of halogens is 3. The second-order valence-corrected chi connectivity index (χ2v) is 9.08. The first-order chi connectivity index (χ1) is 16.0. The van der Waals surface area contributed by atoms with Gasteiger partial charge in [-0.05, 0) is 51.2 Å². The number of alkyl halides is 3. The van der Waals surface area contributed by atoms with Gasteiger partial charge in [-0.3, -0.25) is 14.6 Å². The lowest BCUT2D eigenvalue weighted by Gasteiger charge is -2.40. The van der Waals surface area contributed by atoms with Gasteiger partial charge < -0.3 is 19.6 Å². The number of nitrogens with zero attached hydrogens (tertiary/aromatic N) is 3. The van der Waals surface area contributed by atoms with Gasteiger partial charge in [0.05, 0.1) is 17.7 Å². The summed E-state index contributed by atoms with van der Waals surface area (Å²) in [7, 11) is 0. The SMILES string of the molecule is Cc1cccc(CN2CCC3(CCCN(C(=O)C4CCOCC4)C3)C2=O)n1.O=C(O)C(F)(F)F. The molecule has 4 rings (SSSR count). The Morgan fingerprint density at radius 2 is 1.88 bits per heavy atom. The number of carbonyl (C=O) groups excluding carboxylic acids is 2. The van der Waals surface area contributed by atoms with Crippen LogP contribution in [0.4, 0.5) is 13.2 Å². The summed E-state index contributed by atoms with van der Waals surface area (Å²) in [5.41, 5.74) is 1.52. The Morgan fingerprint density at radius 1 is 1.21 bits per heavy atom. The van der Waals surface area contributed by atoms with Crippen LogP contribution in [0.3, 0.4) is 0 Å². The Morgan fingerprint density at radius 3 is 2.50 bits per heavy atom. The van der Waals surface area contributed by atoms with Gasteiger partial charge in [0.25, 0.3) is 0 Å². The zero-order valence-corrected chi connectivity index (χ0v) is 19.1. The van der Waals surface area contributed by atoms with E-state index >= 15 is 0 Å². The summed E-state index contributed by atoms with van der Waals surface area (Å²) in [6.45, 7) is 6.00. The molecule has 0 bridgehead atoms. The molecule has 1 atom stereocenters. The van der Waals surface area contributed by atoms with Crippen LogP contribution in [-0.2, 0) is 25.7 Å². The van der Waals surface area contributed by atoms with Gasteiger partial charge >= 0.3 is 12.1 Å². The zero-order chi connectivity index (χ0) is 24.9. The molecule has 0 radical (unpaired) electrons. The van der Waals surface area contributed by atoms with Crippen LogP contribution in [0.25, 0.3) is 0 Å². The largest absolute Gasteiger partial charge is 0.490 e. The number of aliphatic carboxylic acids is 1. The third-order valence-corrected chi connectivity index (χ3v) is 6.60. The topological polar surface area (TPSA) is 100 Å². The van der Waals surface area contributed by atoms with E-state index in [1.807, 2.05) is 34.9 Å². The van der Waals surface area contributed by atoms with Crippen molar-refractivity contribution in [2.75, 3.05) is 32.8 Å². The maximum Gasteiger partial charge on any atom is 0.490 e. The lowest BCUT2D eigenvalue weighted by Crippen LogP contribution is -2.51. The van der Waals surface area contributed by atoms with Gasteiger partial charge in [-0.1, -0.05) is 6.07 Å². The summed E-state index contributed by atoms with van der Waals surface area (Å²) in [5.74, 6) is -2.26. The molecular weight excluding hydrogens is 455 g/mol. The van der Waals surface area contributed by atoms with Crippen molar-refractivity contribution in [2.24, 2.45) is 11.3 Å². The van der Waals surface area contributed by atoms with E-state index < -0.39 is 12.1 Å². The predicted octanol–water partition coefficient (Wildman–Crippen LogP) is 2.79. The highest BCUT2D eigenvalue weighted by Gasteiger charge is 2.50. The fourth-order valence-electron chi connectivity index (χ4n) is 4.83. The number of aromatic nitrogens is 1. The summed E-state index contributed by atoms with van der Waals surface area (Å²) in [6.07, 6.45) is -0.823. The van der Waals surface area contributed by atoms with Gasteiger partial charge in [0, 0.05) is 44.5 Å². The second-order valence-electron chi connectivity index (χ2n) is 9.08. The van der Waals surface area contributed by atoms with Gasteiger partial charge in [-0.15, -0.1) is 0 Å². The highest BCUT2D eigenvalue weighted by atomic mass is 19.4. The number of carbonyl (C=O) groups is 3. The van der Waals surface area contributed by atoms with E-state index in [-0.39, 0.29) is 23.1 Å². The lowest BCUT2D eigenvalue weighted by atomic mass is 9.78. The number of carboxylic acid groups (broad SMARTS) is 1. The Kier molecular flexibility index (Phi) is 8.17. The normalized spacial score (nSPS) is 23.6. The molecule has 11 heteroatoms. The molecule has 1 unspecified atom stereocenters. The van der Waals surface area contributed by atoms with E-state index in [0.29, 0.717) is 26.3 Å². The first-order valence-electron chi connectivity index (χ1n) is 11.4. The van der Waals surface area contributed by atoms with Crippen LogP contribution in [0.1, 0.15) is 43.5 Å². The highest BCUT2D eigenvalue weighted by Crippen LogP contribution is 2.41. The summed E-state index contributed by atoms with van der Waals surface area (Å²) in [5, 5.41) is 7.12. The van der Waals surface area contributed by atoms with Crippen LogP contribution in [-0.4, -0.2) is 76.7 Å². The average Bonchev–Trinajstić information content (AvgIpc) is 3.08. The van der Waals surface area contributed by atoms with Crippen molar-refractivity contribution in [3.63, 3.8) is 0 Å². The molecule has 188 valence electrons. The number of hydrogen-bond acceptors (Lipinski definition) is 5. The van der Waals surface area contributed by atoms with Crippen LogP contribution in [0.2, 0.25) is 0 Å². The molecule has 8 nitrogen and oxygen atoms in total. The maximum absolute atomic E-state index is 13.3. The quantitative estimate of drug-likeness (QED) is 0.707. The summed E-state index contributed by atoms with van der Waals surface area (Å²) in [4.78, 5) is 43.5. The molecule has 2 amide bonds. The molecule has 0 saturated carbocycles. The molecule has 3 aliphatic rings. The Labute approximate surface area is 196 Å². The summed E-state index contributed by atoms with van der Waals surface area (Å²) < 4.78 is 37.1. The summed E-state index contributed by atoms with van der Waals surface area (Å²) >= 11 is 0. The van der Waals surface area contributed by atoms with Crippen molar-refractivity contribution >= 4 is 17.8 Å².